The summed E-state index contributed by atoms with van der Waals surface area (Å²) in [5, 5.41) is 11.7. The number of hydrogen-bond donors (Lipinski definition) is 1. The number of halogens is 1. The Bertz CT molecular complexity index is 541. The van der Waals surface area contributed by atoms with Gasteiger partial charge in [-0.05, 0) is 30.0 Å². The molecule has 1 heterocycles. The Morgan fingerprint density at radius 2 is 2.11 bits per heavy atom. The summed E-state index contributed by atoms with van der Waals surface area (Å²) in [4.78, 5) is 11.9. The summed E-state index contributed by atoms with van der Waals surface area (Å²) in [6.07, 6.45) is 0. The molecule has 1 aromatic carbocycles. The van der Waals surface area contributed by atoms with Crippen LogP contribution in [0.3, 0.4) is 0 Å². The number of hydrogen-bond acceptors (Lipinski definition) is 5. The number of benzene rings is 1. The molecule has 18 heavy (non-hydrogen) atoms. The normalized spacial score (nSPS) is 10.3. The zero-order chi connectivity index (χ0) is 13.0. The number of carbonyl (C=O) groups is 1. The minimum atomic E-state index is -0.212. The fraction of sp³-hybridized carbons (Fsp3) is 0.182. The highest BCUT2D eigenvalue weighted by atomic mass is 35.5. The molecule has 1 amide bonds. The molecule has 0 bridgehead atoms. The number of anilines is 1. The van der Waals surface area contributed by atoms with Gasteiger partial charge in [0.15, 0.2) is 4.34 Å². The maximum absolute atomic E-state index is 11.9. The number of thioether (sulfide) groups is 1. The fourth-order valence-electron chi connectivity index (χ4n) is 1.21. The molecule has 0 spiro atoms. The Morgan fingerprint density at radius 3 is 2.78 bits per heavy atom. The van der Waals surface area contributed by atoms with Crippen LogP contribution in [-0.2, 0) is 0 Å². The summed E-state index contributed by atoms with van der Waals surface area (Å²) in [6.45, 7) is 2.04. The van der Waals surface area contributed by atoms with Crippen LogP contribution in [0.5, 0.6) is 0 Å². The number of nitrogens with one attached hydrogen (secondary N) is 1. The summed E-state index contributed by atoms with van der Waals surface area (Å²) in [7, 11) is 0. The van der Waals surface area contributed by atoms with Crippen LogP contribution in [0.15, 0.2) is 28.6 Å². The second-order valence-corrected chi connectivity index (χ2v) is 6.19. The maximum atomic E-state index is 11.9. The van der Waals surface area contributed by atoms with Crippen molar-refractivity contribution in [3.05, 3.63) is 34.9 Å². The van der Waals surface area contributed by atoms with Gasteiger partial charge >= 0.3 is 0 Å². The van der Waals surface area contributed by atoms with Crippen LogP contribution >= 0.6 is 34.7 Å². The maximum Gasteiger partial charge on any atom is 0.257 e. The van der Waals surface area contributed by atoms with E-state index in [1.165, 1.54) is 11.3 Å². The molecule has 0 atom stereocenters. The third-order valence-electron chi connectivity index (χ3n) is 2.00. The van der Waals surface area contributed by atoms with Crippen LogP contribution in [0.1, 0.15) is 17.3 Å². The van der Waals surface area contributed by atoms with E-state index in [1.54, 1.807) is 36.0 Å². The van der Waals surface area contributed by atoms with Crippen molar-refractivity contribution in [2.45, 2.75) is 11.3 Å². The average Bonchev–Trinajstić information content (AvgIpc) is 2.78. The van der Waals surface area contributed by atoms with Crippen LogP contribution in [0.4, 0.5) is 5.13 Å². The first-order valence-corrected chi connectivity index (χ1v) is 7.40. The third-order valence-corrected chi connectivity index (χ3v) is 4.11. The molecule has 1 N–H and O–H groups in total. The molecule has 0 radical (unpaired) electrons. The molecular formula is C11H10ClN3OS2. The molecule has 0 aliphatic carbocycles. The SMILES string of the molecule is CCSc1nnc(NC(=O)c2ccc(Cl)cc2)s1. The molecule has 0 fully saturated rings. The predicted molar refractivity (Wildman–Crippen MR) is 75.7 cm³/mol. The number of aromatic nitrogens is 2. The second-order valence-electron chi connectivity index (χ2n) is 3.27. The Hall–Kier alpha value is -1.11. The summed E-state index contributed by atoms with van der Waals surface area (Å²) < 4.78 is 0.851. The van der Waals surface area contributed by atoms with Crippen molar-refractivity contribution >= 4 is 45.7 Å². The van der Waals surface area contributed by atoms with Crippen molar-refractivity contribution in [3.8, 4) is 0 Å². The zero-order valence-corrected chi connectivity index (χ0v) is 11.9. The summed E-state index contributed by atoms with van der Waals surface area (Å²) in [5.41, 5.74) is 0.541. The van der Waals surface area contributed by atoms with E-state index in [2.05, 4.69) is 15.5 Å². The third kappa shape index (κ3) is 3.44. The molecule has 1 aromatic heterocycles. The van der Waals surface area contributed by atoms with Gasteiger partial charge in [0, 0.05) is 10.6 Å². The standard InChI is InChI=1S/C11H10ClN3OS2/c1-2-17-11-15-14-10(18-11)13-9(16)7-3-5-8(12)6-4-7/h3-6H,2H2,1H3,(H,13,14,16). The number of nitrogens with zero attached hydrogens (tertiary/aromatic N) is 2. The van der Waals surface area contributed by atoms with Gasteiger partial charge in [-0.3, -0.25) is 10.1 Å². The molecule has 0 saturated heterocycles. The molecular weight excluding hydrogens is 290 g/mol. The van der Waals surface area contributed by atoms with Gasteiger partial charge in [0.05, 0.1) is 0 Å². The Morgan fingerprint density at radius 1 is 1.39 bits per heavy atom. The predicted octanol–water partition coefficient (Wildman–Crippen LogP) is 3.56. The smallest absolute Gasteiger partial charge is 0.257 e. The van der Waals surface area contributed by atoms with Gasteiger partial charge in [-0.2, -0.15) is 0 Å². The molecule has 0 unspecified atom stereocenters. The van der Waals surface area contributed by atoms with Crippen LogP contribution in [-0.4, -0.2) is 21.9 Å². The highest BCUT2D eigenvalue weighted by molar-refractivity contribution is 8.01. The number of rotatable bonds is 4. The molecule has 0 aliphatic heterocycles. The van der Waals surface area contributed by atoms with Gasteiger partial charge in [0.2, 0.25) is 5.13 Å². The van der Waals surface area contributed by atoms with Gasteiger partial charge in [-0.1, -0.05) is 41.6 Å². The first-order chi connectivity index (χ1) is 8.69. The molecule has 4 nitrogen and oxygen atoms in total. The summed E-state index contributed by atoms with van der Waals surface area (Å²) >= 11 is 8.72. The van der Waals surface area contributed by atoms with Crippen molar-refractivity contribution in [1.82, 2.24) is 10.2 Å². The first-order valence-electron chi connectivity index (χ1n) is 5.22. The molecule has 2 rings (SSSR count). The molecule has 0 saturated carbocycles. The quantitative estimate of drug-likeness (QED) is 0.693. The van der Waals surface area contributed by atoms with Crippen LogP contribution < -0.4 is 5.32 Å². The van der Waals surface area contributed by atoms with E-state index in [4.69, 9.17) is 11.6 Å². The summed E-state index contributed by atoms with van der Waals surface area (Å²) in [6, 6.07) is 6.69. The van der Waals surface area contributed by atoms with Gasteiger partial charge in [-0.25, -0.2) is 0 Å². The second kappa shape index (κ2) is 6.17. The monoisotopic (exact) mass is 299 g/mol. The Labute approximate surface area is 118 Å². The largest absolute Gasteiger partial charge is 0.296 e. The topological polar surface area (TPSA) is 54.9 Å². The Kier molecular flexibility index (Phi) is 4.57. The van der Waals surface area contributed by atoms with Gasteiger partial charge in [-0.15, -0.1) is 10.2 Å². The fourth-order valence-corrected chi connectivity index (χ4v) is 2.98. The van der Waals surface area contributed by atoms with Gasteiger partial charge in [0.25, 0.3) is 5.91 Å². The van der Waals surface area contributed by atoms with Crippen molar-refractivity contribution in [3.63, 3.8) is 0 Å². The van der Waals surface area contributed by atoms with E-state index in [0.29, 0.717) is 15.7 Å². The lowest BCUT2D eigenvalue weighted by Crippen LogP contribution is -2.11. The highest BCUT2D eigenvalue weighted by Gasteiger charge is 2.09. The molecule has 94 valence electrons. The molecule has 0 aliphatic rings. The lowest BCUT2D eigenvalue weighted by atomic mass is 10.2. The van der Waals surface area contributed by atoms with Gasteiger partial charge < -0.3 is 0 Å². The highest BCUT2D eigenvalue weighted by Crippen LogP contribution is 2.25. The van der Waals surface area contributed by atoms with Gasteiger partial charge in [0.1, 0.15) is 0 Å². The lowest BCUT2D eigenvalue weighted by Gasteiger charge is -2.00. The van der Waals surface area contributed by atoms with Crippen molar-refractivity contribution in [1.29, 1.82) is 0 Å². The van der Waals surface area contributed by atoms with Crippen LogP contribution in [0, 0.1) is 0 Å². The van der Waals surface area contributed by atoms with Crippen molar-refractivity contribution in [2.75, 3.05) is 11.1 Å². The van der Waals surface area contributed by atoms with Crippen molar-refractivity contribution in [2.24, 2.45) is 0 Å². The van der Waals surface area contributed by atoms with E-state index in [-0.39, 0.29) is 5.91 Å². The van der Waals surface area contributed by atoms with Crippen molar-refractivity contribution < 1.29 is 4.79 Å². The zero-order valence-electron chi connectivity index (χ0n) is 9.51. The number of amides is 1. The number of carbonyl (C=O) groups excluding carboxylic acids is 1. The minimum Gasteiger partial charge on any atom is -0.296 e. The van der Waals surface area contributed by atoms with Crippen LogP contribution in [0.2, 0.25) is 5.02 Å². The summed E-state index contributed by atoms with van der Waals surface area (Å²) in [5.74, 6) is 0.718. The van der Waals surface area contributed by atoms with E-state index >= 15 is 0 Å². The lowest BCUT2D eigenvalue weighted by molar-refractivity contribution is 0.102. The molecule has 7 heteroatoms. The Balaban J connectivity index is 2.04. The molecule has 2 aromatic rings. The van der Waals surface area contributed by atoms with E-state index < -0.39 is 0 Å². The first kappa shape index (κ1) is 13.3. The van der Waals surface area contributed by atoms with E-state index in [9.17, 15) is 4.79 Å². The van der Waals surface area contributed by atoms with E-state index in [0.717, 1.165) is 10.1 Å². The average molecular weight is 300 g/mol. The van der Waals surface area contributed by atoms with E-state index in [1.807, 2.05) is 6.92 Å². The van der Waals surface area contributed by atoms with Crippen LogP contribution in [0.25, 0.3) is 0 Å². The minimum absolute atomic E-state index is 0.212.